The van der Waals surface area contributed by atoms with E-state index in [0.29, 0.717) is 0 Å². The van der Waals surface area contributed by atoms with Gasteiger partial charge in [-0.15, -0.1) is 0 Å². The highest BCUT2D eigenvalue weighted by Crippen LogP contribution is 2.30. The maximum Gasteiger partial charge on any atom is 0.119 e. The fourth-order valence-corrected chi connectivity index (χ4v) is 2.78. The van der Waals surface area contributed by atoms with Gasteiger partial charge in [0.1, 0.15) is 5.75 Å². The Balaban J connectivity index is 2.03. The van der Waals surface area contributed by atoms with E-state index in [0.717, 1.165) is 25.3 Å². The van der Waals surface area contributed by atoms with Crippen LogP contribution in [-0.2, 0) is 13.0 Å². The molecule has 1 aliphatic heterocycles. The van der Waals surface area contributed by atoms with E-state index < -0.39 is 0 Å². The van der Waals surface area contributed by atoms with Crippen LogP contribution in [0, 0.1) is 0 Å². The van der Waals surface area contributed by atoms with Crippen LogP contribution in [-0.4, -0.2) is 23.4 Å². The molecule has 0 aliphatic carbocycles. The summed E-state index contributed by atoms with van der Waals surface area (Å²) in [5.74, 6) is 0.934. The molecule has 0 bridgehead atoms. The standard InChI is InChI=1S/C15H19N3O/c1-3-18-14(7-9-17-18)15-13-5-4-12(19-2)10-11(13)6-8-16-15/h4-5,7,9-10,15-16H,3,6,8H2,1-2H3. The summed E-state index contributed by atoms with van der Waals surface area (Å²) in [6.45, 7) is 4.00. The van der Waals surface area contributed by atoms with Crippen molar-refractivity contribution in [3.05, 3.63) is 47.3 Å². The minimum atomic E-state index is 0.233. The fraction of sp³-hybridized carbons (Fsp3) is 0.400. The van der Waals surface area contributed by atoms with Crippen LogP contribution in [0.2, 0.25) is 0 Å². The third kappa shape index (κ3) is 2.12. The van der Waals surface area contributed by atoms with Crippen LogP contribution in [0.5, 0.6) is 5.75 Å². The van der Waals surface area contributed by atoms with Crippen LogP contribution in [0.4, 0.5) is 0 Å². The van der Waals surface area contributed by atoms with Crippen molar-refractivity contribution in [3.8, 4) is 5.75 Å². The number of nitrogens with zero attached hydrogens (tertiary/aromatic N) is 2. The fourth-order valence-electron chi connectivity index (χ4n) is 2.78. The quantitative estimate of drug-likeness (QED) is 0.915. The molecule has 1 aromatic carbocycles. The number of ether oxygens (including phenoxy) is 1. The predicted molar refractivity (Wildman–Crippen MR) is 74.4 cm³/mol. The molecule has 0 saturated carbocycles. The van der Waals surface area contributed by atoms with Crippen LogP contribution in [0.3, 0.4) is 0 Å². The molecule has 0 saturated heterocycles. The highest BCUT2D eigenvalue weighted by atomic mass is 16.5. The predicted octanol–water partition coefficient (Wildman–Crippen LogP) is 2.15. The van der Waals surface area contributed by atoms with E-state index in [-0.39, 0.29) is 6.04 Å². The molecule has 1 unspecified atom stereocenters. The molecule has 1 aliphatic rings. The maximum absolute atomic E-state index is 5.31. The Morgan fingerprint density at radius 3 is 3.11 bits per heavy atom. The van der Waals surface area contributed by atoms with E-state index in [4.69, 9.17) is 4.74 Å². The van der Waals surface area contributed by atoms with E-state index in [1.165, 1.54) is 16.8 Å². The van der Waals surface area contributed by atoms with Gasteiger partial charge < -0.3 is 10.1 Å². The summed E-state index contributed by atoms with van der Waals surface area (Å²) in [6, 6.07) is 8.68. The second kappa shape index (κ2) is 5.05. The van der Waals surface area contributed by atoms with Gasteiger partial charge in [-0.05, 0) is 42.7 Å². The molecule has 4 heteroatoms. The number of aromatic nitrogens is 2. The van der Waals surface area contributed by atoms with Crippen LogP contribution in [0.15, 0.2) is 30.5 Å². The summed E-state index contributed by atoms with van der Waals surface area (Å²) >= 11 is 0. The first-order valence-electron chi connectivity index (χ1n) is 6.75. The van der Waals surface area contributed by atoms with E-state index in [1.54, 1.807) is 7.11 Å². The van der Waals surface area contributed by atoms with Crippen molar-refractivity contribution in [2.75, 3.05) is 13.7 Å². The Labute approximate surface area is 113 Å². The second-order valence-electron chi connectivity index (χ2n) is 4.77. The highest BCUT2D eigenvalue weighted by molar-refractivity contribution is 5.42. The van der Waals surface area contributed by atoms with Gasteiger partial charge in [0.25, 0.3) is 0 Å². The number of aryl methyl sites for hydroxylation is 1. The number of hydrogen-bond acceptors (Lipinski definition) is 3. The topological polar surface area (TPSA) is 39.1 Å². The summed E-state index contributed by atoms with van der Waals surface area (Å²) < 4.78 is 7.37. The van der Waals surface area contributed by atoms with Gasteiger partial charge in [-0.3, -0.25) is 4.68 Å². The largest absolute Gasteiger partial charge is 0.497 e. The van der Waals surface area contributed by atoms with Crippen LogP contribution >= 0.6 is 0 Å². The molecular formula is C15H19N3O. The molecule has 1 atom stereocenters. The molecule has 0 spiro atoms. The molecule has 1 aromatic heterocycles. The lowest BCUT2D eigenvalue weighted by molar-refractivity contribution is 0.412. The van der Waals surface area contributed by atoms with Gasteiger partial charge in [0.2, 0.25) is 0 Å². The van der Waals surface area contributed by atoms with Crippen molar-refractivity contribution in [2.24, 2.45) is 0 Å². The van der Waals surface area contributed by atoms with Crippen molar-refractivity contribution >= 4 is 0 Å². The van der Waals surface area contributed by atoms with Gasteiger partial charge in [-0.2, -0.15) is 5.10 Å². The van der Waals surface area contributed by atoms with E-state index >= 15 is 0 Å². The molecular weight excluding hydrogens is 238 g/mol. The molecule has 0 radical (unpaired) electrons. The number of fused-ring (bicyclic) bond motifs is 1. The molecule has 0 fully saturated rings. The Kier molecular flexibility index (Phi) is 3.25. The van der Waals surface area contributed by atoms with Gasteiger partial charge in [0.15, 0.2) is 0 Å². The van der Waals surface area contributed by atoms with Gasteiger partial charge >= 0.3 is 0 Å². The first kappa shape index (κ1) is 12.2. The highest BCUT2D eigenvalue weighted by Gasteiger charge is 2.24. The Morgan fingerprint density at radius 2 is 2.32 bits per heavy atom. The maximum atomic E-state index is 5.31. The van der Waals surface area contributed by atoms with Crippen LogP contribution in [0.25, 0.3) is 0 Å². The summed E-state index contributed by atoms with van der Waals surface area (Å²) in [5, 5.41) is 7.96. The zero-order chi connectivity index (χ0) is 13.2. The lowest BCUT2D eigenvalue weighted by Gasteiger charge is -2.27. The zero-order valence-corrected chi connectivity index (χ0v) is 11.4. The Bertz CT molecular complexity index is 577. The van der Waals surface area contributed by atoms with Gasteiger partial charge in [-0.25, -0.2) is 0 Å². The summed E-state index contributed by atoms with van der Waals surface area (Å²) in [4.78, 5) is 0. The lowest BCUT2D eigenvalue weighted by atomic mass is 9.92. The SMILES string of the molecule is CCn1nccc1C1NCCc2cc(OC)ccc21. The zero-order valence-electron chi connectivity index (χ0n) is 11.4. The smallest absolute Gasteiger partial charge is 0.119 e. The van der Waals surface area contributed by atoms with Crippen molar-refractivity contribution in [3.63, 3.8) is 0 Å². The molecule has 4 nitrogen and oxygen atoms in total. The molecule has 2 aromatic rings. The average Bonchev–Trinajstić information content (AvgIpc) is 2.94. The molecule has 2 heterocycles. The summed E-state index contributed by atoms with van der Waals surface area (Å²) in [5.41, 5.74) is 3.93. The van der Waals surface area contributed by atoms with Gasteiger partial charge in [-0.1, -0.05) is 6.07 Å². The number of benzene rings is 1. The van der Waals surface area contributed by atoms with Crippen molar-refractivity contribution in [2.45, 2.75) is 25.9 Å². The van der Waals surface area contributed by atoms with Gasteiger partial charge in [0.05, 0.1) is 18.8 Å². The monoisotopic (exact) mass is 257 g/mol. The number of nitrogens with one attached hydrogen (secondary N) is 1. The van der Waals surface area contributed by atoms with E-state index in [2.05, 4.69) is 40.2 Å². The second-order valence-corrected chi connectivity index (χ2v) is 4.77. The number of hydrogen-bond donors (Lipinski definition) is 1. The summed E-state index contributed by atoms with van der Waals surface area (Å²) in [6.07, 6.45) is 2.92. The lowest BCUT2D eigenvalue weighted by Crippen LogP contribution is -2.32. The molecule has 3 rings (SSSR count). The third-order valence-electron chi connectivity index (χ3n) is 3.75. The minimum absolute atomic E-state index is 0.233. The van der Waals surface area contributed by atoms with E-state index in [1.807, 2.05) is 12.3 Å². The van der Waals surface area contributed by atoms with Crippen molar-refractivity contribution < 1.29 is 4.74 Å². The first-order chi connectivity index (χ1) is 9.33. The Hall–Kier alpha value is -1.81. The minimum Gasteiger partial charge on any atom is -0.497 e. The number of rotatable bonds is 3. The molecule has 19 heavy (non-hydrogen) atoms. The molecule has 100 valence electrons. The van der Waals surface area contributed by atoms with Gasteiger partial charge in [0, 0.05) is 19.3 Å². The third-order valence-corrected chi connectivity index (χ3v) is 3.75. The van der Waals surface area contributed by atoms with Crippen LogP contribution in [0.1, 0.15) is 29.8 Å². The average molecular weight is 257 g/mol. The van der Waals surface area contributed by atoms with Crippen LogP contribution < -0.4 is 10.1 Å². The normalized spacial score (nSPS) is 18.1. The molecule has 0 amide bonds. The van der Waals surface area contributed by atoms with E-state index in [9.17, 15) is 0 Å². The Morgan fingerprint density at radius 1 is 1.42 bits per heavy atom. The number of methoxy groups -OCH3 is 1. The first-order valence-corrected chi connectivity index (χ1v) is 6.75. The summed E-state index contributed by atoms with van der Waals surface area (Å²) in [7, 11) is 1.71. The molecule has 1 N–H and O–H groups in total. The van der Waals surface area contributed by atoms with Crippen molar-refractivity contribution in [1.29, 1.82) is 0 Å². The van der Waals surface area contributed by atoms with Crippen molar-refractivity contribution in [1.82, 2.24) is 15.1 Å².